The quantitative estimate of drug-likeness (QED) is 0.735. The second kappa shape index (κ2) is 4.71. The van der Waals surface area contributed by atoms with Crippen LogP contribution in [0.1, 0.15) is 29.2 Å². The molecule has 0 unspecified atom stereocenters. The van der Waals surface area contributed by atoms with E-state index in [4.69, 9.17) is 4.74 Å². The van der Waals surface area contributed by atoms with Gasteiger partial charge in [-0.1, -0.05) is 0 Å². The predicted molar refractivity (Wildman–Crippen MR) is 61.1 cm³/mol. The molecule has 0 bridgehead atoms. The topological polar surface area (TPSA) is 57.5 Å². The molecule has 0 saturated heterocycles. The first kappa shape index (κ1) is 11.9. The minimum Gasteiger partial charge on any atom is -0.465 e. The summed E-state index contributed by atoms with van der Waals surface area (Å²) in [6.07, 6.45) is 3.57. The van der Waals surface area contributed by atoms with E-state index in [0.717, 1.165) is 12.8 Å². The maximum atomic E-state index is 12.1. The first-order valence-electron chi connectivity index (χ1n) is 5.51. The Balaban J connectivity index is 2.36. The van der Waals surface area contributed by atoms with Gasteiger partial charge >= 0.3 is 5.97 Å². The molecule has 2 atom stereocenters. The van der Waals surface area contributed by atoms with Crippen LogP contribution in [0.25, 0.3) is 0 Å². The zero-order chi connectivity index (χ0) is 12.4. The molecule has 1 aliphatic rings. The summed E-state index contributed by atoms with van der Waals surface area (Å²) < 4.78 is 11.4. The molecule has 0 spiro atoms. The van der Waals surface area contributed by atoms with Crippen molar-refractivity contribution in [3.8, 4) is 0 Å². The summed E-state index contributed by atoms with van der Waals surface area (Å²) in [5.74, 6) is -0.599. The van der Waals surface area contributed by atoms with Crippen LogP contribution in [0, 0.1) is 0 Å². The van der Waals surface area contributed by atoms with Crippen LogP contribution < -0.4 is 5.56 Å². The minimum atomic E-state index is -0.599. The zero-order valence-corrected chi connectivity index (χ0v) is 9.88. The molecule has 1 fully saturated rings. The van der Waals surface area contributed by atoms with Crippen molar-refractivity contribution in [1.82, 2.24) is 4.57 Å². The SMILES string of the molecule is COC(=O)c1cccn([C@H]2CC[C@@H]2OC)c1=O. The smallest absolute Gasteiger partial charge is 0.343 e. The van der Waals surface area contributed by atoms with Gasteiger partial charge in [0.05, 0.1) is 19.3 Å². The monoisotopic (exact) mass is 237 g/mol. The summed E-state index contributed by atoms with van der Waals surface area (Å²) in [6, 6.07) is 3.18. The van der Waals surface area contributed by atoms with E-state index in [-0.39, 0.29) is 23.3 Å². The van der Waals surface area contributed by atoms with E-state index in [1.807, 2.05) is 0 Å². The third-order valence-electron chi connectivity index (χ3n) is 3.22. The molecule has 1 aliphatic carbocycles. The van der Waals surface area contributed by atoms with Gasteiger partial charge in [-0.2, -0.15) is 0 Å². The zero-order valence-electron chi connectivity index (χ0n) is 9.88. The highest BCUT2D eigenvalue weighted by molar-refractivity contribution is 5.88. The summed E-state index contributed by atoms with van der Waals surface area (Å²) in [6.45, 7) is 0. The van der Waals surface area contributed by atoms with Gasteiger partial charge in [-0.15, -0.1) is 0 Å². The molecule has 5 nitrogen and oxygen atoms in total. The van der Waals surface area contributed by atoms with E-state index in [2.05, 4.69) is 4.74 Å². The molecule has 1 saturated carbocycles. The van der Waals surface area contributed by atoms with Crippen LogP contribution in [-0.4, -0.2) is 30.9 Å². The number of hydrogen-bond donors (Lipinski definition) is 0. The molecule has 1 aromatic rings. The highest BCUT2D eigenvalue weighted by Gasteiger charge is 2.33. The van der Waals surface area contributed by atoms with Gasteiger partial charge in [-0.05, 0) is 25.0 Å². The Kier molecular flexibility index (Phi) is 3.28. The van der Waals surface area contributed by atoms with Gasteiger partial charge in [0.25, 0.3) is 5.56 Å². The van der Waals surface area contributed by atoms with Crippen LogP contribution in [0.2, 0.25) is 0 Å². The number of aromatic nitrogens is 1. The maximum absolute atomic E-state index is 12.1. The molecular formula is C12H15NO4. The van der Waals surface area contributed by atoms with E-state index in [0.29, 0.717) is 0 Å². The van der Waals surface area contributed by atoms with Crippen LogP contribution in [0.4, 0.5) is 0 Å². The number of ether oxygens (including phenoxy) is 2. The Bertz CT molecular complexity index is 478. The van der Waals surface area contributed by atoms with Crippen molar-refractivity contribution in [1.29, 1.82) is 0 Å². The van der Waals surface area contributed by atoms with Gasteiger partial charge in [0.2, 0.25) is 0 Å². The number of pyridine rings is 1. The van der Waals surface area contributed by atoms with Crippen molar-refractivity contribution in [2.45, 2.75) is 25.0 Å². The average molecular weight is 237 g/mol. The molecule has 5 heteroatoms. The van der Waals surface area contributed by atoms with Gasteiger partial charge in [0.15, 0.2) is 0 Å². The van der Waals surface area contributed by atoms with Crippen molar-refractivity contribution in [2.75, 3.05) is 14.2 Å². The Hall–Kier alpha value is -1.62. The molecule has 92 valence electrons. The molecular weight excluding hydrogens is 222 g/mol. The number of methoxy groups -OCH3 is 2. The Labute approximate surface area is 99.0 Å². The number of carbonyl (C=O) groups excluding carboxylic acids is 1. The average Bonchev–Trinajstić information content (AvgIpc) is 2.30. The number of nitrogens with zero attached hydrogens (tertiary/aromatic N) is 1. The lowest BCUT2D eigenvalue weighted by molar-refractivity contribution is -0.0105. The Morgan fingerprint density at radius 1 is 1.41 bits per heavy atom. The van der Waals surface area contributed by atoms with Crippen molar-refractivity contribution in [3.63, 3.8) is 0 Å². The van der Waals surface area contributed by atoms with Crippen molar-refractivity contribution in [3.05, 3.63) is 34.2 Å². The van der Waals surface area contributed by atoms with Gasteiger partial charge in [-0.25, -0.2) is 4.79 Å². The standard InChI is InChI=1S/C12H15NO4/c1-16-10-6-5-9(10)13-7-3-4-8(11(13)14)12(15)17-2/h3-4,7,9-10H,5-6H2,1-2H3/t9-,10-/m0/s1. The molecule has 0 N–H and O–H groups in total. The normalized spacial score (nSPS) is 22.9. The fourth-order valence-corrected chi connectivity index (χ4v) is 2.08. The summed E-state index contributed by atoms with van der Waals surface area (Å²) in [4.78, 5) is 23.5. The lowest BCUT2D eigenvalue weighted by atomic mass is 9.88. The molecule has 1 heterocycles. The van der Waals surface area contributed by atoms with E-state index in [1.54, 1.807) is 23.9 Å². The number of esters is 1. The summed E-state index contributed by atoms with van der Waals surface area (Å²) in [5, 5.41) is 0. The van der Waals surface area contributed by atoms with Crippen molar-refractivity contribution < 1.29 is 14.3 Å². The second-order valence-corrected chi connectivity index (χ2v) is 4.04. The van der Waals surface area contributed by atoms with Gasteiger partial charge < -0.3 is 14.0 Å². The van der Waals surface area contributed by atoms with E-state index in [9.17, 15) is 9.59 Å². The fraction of sp³-hybridized carbons (Fsp3) is 0.500. The lowest BCUT2D eigenvalue weighted by Crippen LogP contribution is -2.41. The Morgan fingerprint density at radius 2 is 2.18 bits per heavy atom. The minimum absolute atomic E-state index is 0.0251. The van der Waals surface area contributed by atoms with E-state index in [1.165, 1.54) is 13.2 Å². The first-order chi connectivity index (χ1) is 8.19. The van der Waals surface area contributed by atoms with Crippen LogP contribution >= 0.6 is 0 Å². The van der Waals surface area contributed by atoms with E-state index >= 15 is 0 Å². The molecule has 2 rings (SSSR count). The number of rotatable bonds is 3. The van der Waals surface area contributed by atoms with E-state index < -0.39 is 5.97 Å². The predicted octanol–water partition coefficient (Wildman–Crippen LogP) is 0.985. The largest absolute Gasteiger partial charge is 0.465 e. The summed E-state index contributed by atoms with van der Waals surface area (Å²) in [7, 11) is 2.90. The van der Waals surface area contributed by atoms with Crippen molar-refractivity contribution >= 4 is 5.97 Å². The molecule has 0 aromatic carbocycles. The van der Waals surface area contributed by atoms with Gasteiger partial charge in [-0.3, -0.25) is 4.79 Å². The third-order valence-corrected chi connectivity index (χ3v) is 3.22. The second-order valence-electron chi connectivity index (χ2n) is 4.04. The first-order valence-corrected chi connectivity index (χ1v) is 5.51. The molecule has 1 aromatic heterocycles. The summed E-state index contributed by atoms with van der Waals surface area (Å²) in [5.41, 5.74) is -0.247. The van der Waals surface area contributed by atoms with Crippen molar-refractivity contribution in [2.24, 2.45) is 0 Å². The molecule has 0 amide bonds. The fourth-order valence-electron chi connectivity index (χ4n) is 2.08. The van der Waals surface area contributed by atoms with Gasteiger partial charge in [0, 0.05) is 13.3 Å². The molecule has 0 radical (unpaired) electrons. The number of hydrogen-bond acceptors (Lipinski definition) is 4. The van der Waals surface area contributed by atoms with Gasteiger partial charge in [0.1, 0.15) is 5.56 Å². The molecule has 17 heavy (non-hydrogen) atoms. The van der Waals surface area contributed by atoms with Crippen LogP contribution in [0.5, 0.6) is 0 Å². The highest BCUT2D eigenvalue weighted by Crippen LogP contribution is 2.33. The molecule has 0 aliphatic heterocycles. The Morgan fingerprint density at radius 3 is 2.71 bits per heavy atom. The van der Waals surface area contributed by atoms with Crippen LogP contribution in [-0.2, 0) is 9.47 Å². The van der Waals surface area contributed by atoms with Crippen LogP contribution in [0.3, 0.4) is 0 Å². The summed E-state index contributed by atoms with van der Waals surface area (Å²) >= 11 is 0. The maximum Gasteiger partial charge on any atom is 0.343 e. The van der Waals surface area contributed by atoms with Crippen LogP contribution in [0.15, 0.2) is 23.1 Å². The third kappa shape index (κ3) is 1.98. The lowest BCUT2D eigenvalue weighted by Gasteiger charge is -2.36. The highest BCUT2D eigenvalue weighted by atomic mass is 16.5. The number of carbonyl (C=O) groups is 1.